The van der Waals surface area contributed by atoms with Crippen LogP contribution in [0, 0.1) is 10.1 Å². The molecule has 5 N–H and O–H groups in total. The number of ketones is 1. The normalized spacial score (nSPS) is 14.2. The lowest BCUT2D eigenvalue weighted by atomic mass is 9.92. The van der Waals surface area contributed by atoms with Gasteiger partial charge in [0.1, 0.15) is 0 Å². The Hall–Kier alpha value is -3.76. The highest BCUT2D eigenvalue weighted by molar-refractivity contribution is 9.10. The zero-order chi connectivity index (χ0) is 23.1. The smallest absolute Gasteiger partial charge is 0.333 e. The van der Waals surface area contributed by atoms with Crippen molar-refractivity contribution in [1.82, 2.24) is 5.43 Å². The number of hydrogen-bond donors (Lipinski definition) is 4. The lowest BCUT2D eigenvalue weighted by Crippen LogP contribution is -2.34. The van der Waals surface area contributed by atoms with Gasteiger partial charge in [-0.1, -0.05) is 40.2 Å². The van der Waals surface area contributed by atoms with Crippen LogP contribution in [-0.2, 0) is 0 Å². The number of halogens is 1. The first-order valence-corrected chi connectivity index (χ1v) is 10.3. The third-order valence-corrected chi connectivity index (χ3v) is 5.21. The number of nitrogens with zero attached hydrogens (tertiary/aromatic N) is 1. The molecule has 164 valence electrons. The summed E-state index contributed by atoms with van der Waals surface area (Å²) in [6.07, 6.45) is 0.513. The number of anilines is 2. The number of fused-ring (bicyclic) bond motifs is 1. The SMILES string of the molecule is NNC(=O)Nc1ccc([N+](=O)[O-])cc1.O=C1CC(c2ccc(Br)cc2)Nc2ccccc21. The standard InChI is InChI=1S/C15H12BrNO.C7H8N4O3/c16-11-7-5-10(6-8-11)14-9-15(18)12-3-1-2-4-13(12)17-14;8-10-7(12)9-5-1-3-6(4-2-5)11(13)14/h1-8,14,17H,9H2;1-4H,8H2,(H2,9,10,12). The Morgan fingerprint density at radius 1 is 1.06 bits per heavy atom. The Kier molecular flexibility index (Phi) is 7.53. The number of urea groups is 1. The number of rotatable bonds is 3. The number of nitro benzene ring substituents is 1. The molecule has 1 unspecified atom stereocenters. The minimum absolute atomic E-state index is 0.0382. The topological polar surface area (TPSA) is 139 Å². The average molecular weight is 498 g/mol. The van der Waals surface area contributed by atoms with Crippen molar-refractivity contribution in [3.63, 3.8) is 0 Å². The zero-order valence-electron chi connectivity index (χ0n) is 16.7. The second kappa shape index (κ2) is 10.5. The number of para-hydroxylation sites is 1. The average Bonchev–Trinajstić information content (AvgIpc) is 2.80. The number of amides is 2. The largest absolute Gasteiger partial charge is 0.377 e. The van der Waals surface area contributed by atoms with Crippen LogP contribution < -0.4 is 21.9 Å². The van der Waals surface area contributed by atoms with E-state index in [0.29, 0.717) is 12.1 Å². The number of carbonyl (C=O) groups is 2. The summed E-state index contributed by atoms with van der Waals surface area (Å²) in [5.41, 5.74) is 5.13. The van der Waals surface area contributed by atoms with E-state index >= 15 is 0 Å². The fourth-order valence-corrected chi connectivity index (χ4v) is 3.38. The lowest BCUT2D eigenvalue weighted by molar-refractivity contribution is -0.384. The number of non-ortho nitro benzene ring substituents is 1. The van der Waals surface area contributed by atoms with Gasteiger partial charge in [0.05, 0.1) is 11.0 Å². The minimum Gasteiger partial charge on any atom is -0.377 e. The molecule has 0 saturated carbocycles. The molecule has 1 heterocycles. The van der Waals surface area contributed by atoms with Crippen LogP contribution in [0.25, 0.3) is 0 Å². The van der Waals surface area contributed by atoms with Crippen LogP contribution in [0.3, 0.4) is 0 Å². The van der Waals surface area contributed by atoms with Gasteiger partial charge in [0.25, 0.3) is 5.69 Å². The van der Waals surface area contributed by atoms with Crippen molar-refractivity contribution in [3.8, 4) is 0 Å². The molecule has 2 amide bonds. The van der Waals surface area contributed by atoms with E-state index in [9.17, 15) is 19.7 Å². The zero-order valence-corrected chi connectivity index (χ0v) is 18.3. The highest BCUT2D eigenvalue weighted by atomic mass is 79.9. The molecule has 0 aromatic heterocycles. The summed E-state index contributed by atoms with van der Waals surface area (Å²) in [6.45, 7) is 0. The second-order valence-corrected chi connectivity index (χ2v) is 7.74. The van der Waals surface area contributed by atoms with Gasteiger partial charge >= 0.3 is 6.03 Å². The molecule has 0 saturated heterocycles. The molecule has 3 aromatic carbocycles. The molecule has 10 heteroatoms. The van der Waals surface area contributed by atoms with E-state index in [2.05, 4.69) is 26.6 Å². The Morgan fingerprint density at radius 3 is 2.34 bits per heavy atom. The molecule has 1 atom stereocenters. The molecule has 0 bridgehead atoms. The molecule has 0 radical (unpaired) electrons. The summed E-state index contributed by atoms with van der Waals surface area (Å²) in [5.74, 6) is 5.03. The van der Waals surface area contributed by atoms with Gasteiger partial charge in [-0.2, -0.15) is 0 Å². The van der Waals surface area contributed by atoms with Crippen molar-refractivity contribution in [2.45, 2.75) is 12.5 Å². The van der Waals surface area contributed by atoms with Crippen molar-refractivity contribution in [3.05, 3.63) is 98.5 Å². The Balaban J connectivity index is 0.000000188. The van der Waals surface area contributed by atoms with Crippen LogP contribution in [0.1, 0.15) is 28.4 Å². The molecular weight excluding hydrogens is 478 g/mol. The summed E-state index contributed by atoms with van der Waals surface area (Å²) in [6, 6.07) is 20.6. The summed E-state index contributed by atoms with van der Waals surface area (Å²) in [7, 11) is 0. The second-order valence-electron chi connectivity index (χ2n) is 6.82. The molecular formula is C22H20BrN5O4. The number of Topliss-reactive ketones (excluding diaryl/α,β-unsaturated/α-hetero) is 1. The number of benzene rings is 3. The quantitative estimate of drug-likeness (QED) is 0.177. The van der Waals surface area contributed by atoms with E-state index < -0.39 is 11.0 Å². The number of nitrogens with two attached hydrogens (primary N) is 1. The molecule has 0 aliphatic carbocycles. The lowest BCUT2D eigenvalue weighted by Gasteiger charge is -2.26. The Labute approximate surface area is 192 Å². The van der Waals surface area contributed by atoms with Crippen LogP contribution in [0.5, 0.6) is 0 Å². The predicted octanol–water partition coefficient (Wildman–Crippen LogP) is 4.78. The van der Waals surface area contributed by atoms with Crippen LogP contribution in [0.2, 0.25) is 0 Å². The van der Waals surface area contributed by atoms with Crippen molar-refractivity contribution >= 4 is 44.8 Å². The number of nitrogens with one attached hydrogen (secondary N) is 3. The van der Waals surface area contributed by atoms with Gasteiger partial charge in [-0.15, -0.1) is 0 Å². The van der Waals surface area contributed by atoms with Crippen molar-refractivity contribution in [2.75, 3.05) is 10.6 Å². The Bertz CT molecular complexity index is 1120. The van der Waals surface area contributed by atoms with Crippen molar-refractivity contribution in [2.24, 2.45) is 5.84 Å². The first kappa shape index (κ1) is 22.9. The molecule has 0 fully saturated rings. The van der Waals surface area contributed by atoms with Gasteiger partial charge in [0.2, 0.25) is 0 Å². The third-order valence-electron chi connectivity index (χ3n) is 4.69. The minimum atomic E-state index is -0.584. The molecule has 1 aliphatic rings. The molecule has 3 aromatic rings. The maximum Gasteiger partial charge on any atom is 0.333 e. The van der Waals surface area contributed by atoms with E-state index in [4.69, 9.17) is 5.84 Å². The maximum absolute atomic E-state index is 12.1. The van der Waals surface area contributed by atoms with Gasteiger partial charge in [-0.25, -0.2) is 10.6 Å². The van der Waals surface area contributed by atoms with Crippen molar-refractivity contribution in [1.29, 1.82) is 0 Å². The summed E-state index contributed by atoms with van der Waals surface area (Å²) in [5, 5.41) is 16.1. The van der Waals surface area contributed by atoms with E-state index in [1.54, 1.807) is 0 Å². The molecule has 1 aliphatic heterocycles. The first-order chi connectivity index (χ1) is 15.4. The fourth-order valence-electron chi connectivity index (χ4n) is 3.12. The number of hydrogen-bond acceptors (Lipinski definition) is 6. The summed E-state index contributed by atoms with van der Waals surface area (Å²) >= 11 is 3.42. The van der Waals surface area contributed by atoms with Crippen LogP contribution >= 0.6 is 15.9 Å². The first-order valence-electron chi connectivity index (χ1n) is 9.53. The molecule has 4 rings (SSSR count). The molecule has 32 heavy (non-hydrogen) atoms. The van der Waals surface area contributed by atoms with Gasteiger partial charge in [0, 0.05) is 40.0 Å². The van der Waals surface area contributed by atoms with Gasteiger partial charge in [0.15, 0.2) is 5.78 Å². The van der Waals surface area contributed by atoms with Crippen molar-refractivity contribution < 1.29 is 14.5 Å². The van der Waals surface area contributed by atoms with E-state index in [1.807, 2.05) is 54.0 Å². The van der Waals surface area contributed by atoms with Crippen LogP contribution in [0.15, 0.2) is 77.3 Å². The number of carbonyl (C=O) groups excluding carboxylic acids is 2. The predicted molar refractivity (Wildman–Crippen MR) is 125 cm³/mol. The van der Waals surface area contributed by atoms with Crippen LogP contribution in [-0.4, -0.2) is 16.7 Å². The highest BCUT2D eigenvalue weighted by Gasteiger charge is 2.24. The molecule has 0 spiro atoms. The van der Waals surface area contributed by atoms with Gasteiger partial charge in [-0.05, 0) is 42.0 Å². The Morgan fingerprint density at radius 2 is 1.72 bits per heavy atom. The monoisotopic (exact) mass is 497 g/mol. The number of hydrazine groups is 1. The maximum atomic E-state index is 12.1. The van der Waals surface area contributed by atoms with E-state index in [1.165, 1.54) is 24.3 Å². The van der Waals surface area contributed by atoms with Crippen LogP contribution in [0.4, 0.5) is 21.9 Å². The van der Waals surface area contributed by atoms with E-state index in [-0.39, 0.29) is 17.5 Å². The van der Waals surface area contributed by atoms with Gasteiger partial charge in [-0.3, -0.25) is 20.3 Å². The summed E-state index contributed by atoms with van der Waals surface area (Å²) < 4.78 is 1.05. The van der Waals surface area contributed by atoms with E-state index in [0.717, 1.165) is 21.3 Å². The third kappa shape index (κ3) is 5.90. The highest BCUT2D eigenvalue weighted by Crippen LogP contribution is 2.32. The fraction of sp³-hybridized carbons (Fsp3) is 0.0909. The summed E-state index contributed by atoms with van der Waals surface area (Å²) in [4.78, 5) is 32.6. The molecule has 9 nitrogen and oxygen atoms in total. The number of nitro groups is 1. The van der Waals surface area contributed by atoms with Gasteiger partial charge < -0.3 is 10.6 Å².